The molecule has 2 aromatic rings. The summed E-state index contributed by atoms with van der Waals surface area (Å²) in [5, 5.41) is -0.188. The van der Waals surface area contributed by atoms with Crippen molar-refractivity contribution >= 4 is 39.7 Å². The quantitative estimate of drug-likeness (QED) is 0.0667. The van der Waals surface area contributed by atoms with Gasteiger partial charge in [-0.3, -0.25) is 0 Å². The van der Waals surface area contributed by atoms with Crippen molar-refractivity contribution in [3.63, 3.8) is 0 Å². The first kappa shape index (κ1) is 51.7. The summed E-state index contributed by atoms with van der Waals surface area (Å²) in [5.41, 5.74) is 7.96. The molecule has 5 fully saturated rings. The van der Waals surface area contributed by atoms with Crippen LogP contribution in [0.4, 0.5) is 0 Å². The van der Waals surface area contributed by atoms with Crippen LogP contribution in [-0.4, -0.2) is 104 Å². The lowest BCUT2D eigenvalue weighted by Gasteiger charge is -2.52. The van der Waals surface area contributed by atoms with Crippen molar-refractivity contribution in [2.75, 3.05) is 11.5 Å². The van der Waals surface area contributed by atoms with Crippen LogP contribution in [0.25, 0.3) is 0 Å². The normalized spacial score (nSPS) is 33.8. The maximum atomic E-state index is 7.43. The number of epoxide rings is 1. The minimum absolute atomic E-state index is 0.0167. The Morgan fingerprint density at radius 1 is 0.716 bits per heavy atom. The molecule has 0 amide bonds. The number of hydrogen-bond acceptors (Lipinski definition) is 9. The predicted molar refractivity (Wildman–Crippen MR) is 283 cm³/mol. The molecule has 6 heterocycles. The Balaban J connectivity index is 1.08. The third-order valence-electron chi connectivity index (χ3n) is 16.9. The fourth-order valence-corrected chi connectivity index (χ4v) is 26.4. The Morgan fingerprint density at radius 3 is 1.88 bits per heavy atom. The van der Waals surface area contributed by atoms with Gasteiger partial charge in [0.2, 0.25) is 0 Å². The minimum atomic E-state index is -1.89. The van der Waals surface area contributed by atoms with Crippen LogP contribution >= 0.6 is 23.5 Å². The van der Waals surface area contributed by atoms with E-state index in [2.05, 4.69) is 189 Å². The van der Waals surface area contributed by atoms with Gasteiger partial charge in [-0.25, -0.2) is 0 Å². The first-order chi connectivity index (χ1) is 32.3. The molecule has 6 aliphatic rings. The lowest BCUT2D eigenvalue weighted by Crippen LogP contribution is -2.65. The van der Waals surface area contributed by atoms with Crippen molar-refractivity contribution in [2.45, 2.75) is 226 Å². The summed E-state index contributed by atoms with van der Waals surface area (Å²) >= 11 is 4.13. The molecule has 0 N–H and O–H groups in total. The first-order valence-electron chi connectivity index (χ1n) is 26.1. The molecule has 0 bridgehead atoms. The second-order valence-electron chi connectivity index (χ2n) is 21.4. The summed E-state index contributed by atoms with van der Waals surface area (Å²) in [6.45, 7) is 24.8. The molecule has 2 aromatic carbocycles. The van der Waals surface area contributed by atoms with Gasteiger partial charge >= 0.3 is 0 Å². The van der Waals surface area contributed by atoms with E-state index in [-0.39, 0.29) is 76.4 Å². The first-order valence-corrected chi connectivity index (χ1v) is 32.9. The van der Waals surface area contributed by atoms with Crippen molar-refractivity contribution in [1.29, 1.82) is 0 Å². The van der Waals surface area contributed by atoms with Crippen LogP contribution in [0.5, 0.6) is 0 Å². The Kier molecular flexibility index (Phi) is 17.3. The lowest BCUT2D eigenvalue weighted by atomic mass is 9.86. The molecule has 8 rings (SSSR count). The van der Waals surface area contributed by atoms with Crippen LogP contribution in [0.2, 0.25) is 34.8 Å². The number of hydrogen-bond donors (Lipinski definition) is 0. The average molecular weight is 988 g/mol. The number of benzene rings is 2. The molecule has 11 heteroatoms. The van der Waals surface area contributed by atoms with Gasteiger partial charge in [0.25, 0.3) is 0 Å². The van der Waals surface area contributed by atoms with Crippen LogP contribution in [-0.2, 0) is 46.4 Å². The maximum absolute atomic E-state index is 7.43. The molecule has 67 heavy (non-hydrogen) atoms. The molecule has 0 saturated carbocycles. The Hall–Kier alpha value is -1.67. The van der Waals surface area contributed by atoms with Crippen molar-refractivity contribution in [1.82, 2.24) is 0 Å². The van der Waals surface area contributed by atoms with Gasteiger partial charge in [-0.05, 0) is 71.5 Å². The zero-order valence-corrected chi connectivity index (χ0v) is 46.0. The fourth-order valence-electron chi connectivity index (χ4n) is 13.1. The standard InChI is InChI=1S/C56H82O7S2Si2/c1-11-66(12-2,13-3)56-36-49-45(59-46(54(56)63-56)28-21-16-22-33-67(39(4)5,40(6)7)41(8)9)30-29-44-47(60-49)34-48-52(62-44)53(58-38-43-26-19-15-20-27-43)51(57-37-42-24-17-14-18-25-42)50(61-48)35-55(10)64-31-23-32-65-55/h14-21,24-27,29-30,39-41,44-54H,11-13,23,28,31-32,34-38H2,1-10H3/b21-16-/t44-,45+,46-,47+,48-,49-,50+,51+,52-,53-,54+,56+/m1/s1. The van der Waals surface area contributed by atoms with Crippen molar-refractivity contribution < 1.29 is 33.2 Å². The van der Waals surface area contributed by atoms with E-state index in [1.807, 2.05) is 0 Å². The molecular formula is C56H82O7S2Si2. The molecule has 12 atom stereocenters. The third kappa shape index (κ3) is 10.9. The zero-order chi connectivity index (χ0) is 47.4. The largest absolute Gasteiger partial charge is 0.369 e. The van der Waals surface area contributed by atoms with E-state index in [4.69, 9.17) is 33.2 Å². The topological polar surface area (TPSA) is 67.9 Å². The molecule has 0 unspecified atom stereocenters. The number of thioether (sulfide) groups is 2. The maximum Gasteiger partial charge on any atom is 0.146 e. The SMILES string of the molecule is CC[Si](CC)(CC)[C@@]12C[C@H]3O[C@H]4C[C@H]5O[C@@H](CC6(C)SCCCS6)[C@H](OCc6ccccc6)[C@@H](OCc6ccccc6)[C@@H]5O[C@@H]4C=C[C@@H]3O[C@H](C/C=C\C#C[Si](C(C)C)(C(C)C)C(C)C)[C@@H]1O2. The van der Waals surface area contributed by atoms with Crippen LogP contribution in [0.1, 0.15) is 112 Å². The predicted octanol–water partition coefficient (Wildman–Crippen LogP) is 12.9. The number of allylic oxidation sites excluding steroid dienone is 1. The van der Waals surface area contributed by atoms with Gasteiger partial charge in [-0.2, -0.15) is 0 Å². The molecule has 5 saturated heterocycles. The molecule has 7 nitrogen and oxygen atoms in total. The van der Waals surface area contributed by atoms with Crippen LogP contribution < -0.4 is 0 Å². The minimum Gasteiger partial charge on any atom is -0.369 e. The lowest BCUT2D eigenvalue weighted by molar-refractivity contribution is -0.300. The van der Waals surface area contributed by atoms with Gasteiger partial charge in [0.05, 0.1) is 61.1 Å². The average Bonchev–Trinajstić information content (AvgIpc) is 4.09. The van der Waals surface area contributed by atoms with Gasteiger partial charge < -0.3 is 33.2 Å². The summed E-state index contributed by atoms with van der Waals surface area (Å²) in [5.74, 6) is 5.90. The number of rotatable bonds is 17. The van der Waals surface area contributed by atoms with E-state index in [9.17, 15) is 0 Å². The highest BCUT2D eigenvalue weighted by Gasteiger charge is 2.72. The third-order valence-corrected chi connectivity index (χ3v) is 32.9. The summed E-state index contributed by atoms with van der Waals surface area (Å²) in [4.78, 5) is 0. The summed E-state index contributed by atoms with van der Waals surface area (Å²) in [7, 11) is -3.72. The molecule has 0 aliphatic carbocycles. The number of fused-ring (bicyclic) bond motifs is 4. The Bertz CT molecular complexity index is 1980. The highest BCUT2D eigenvalue weighted by atomic mass is 32.2. The van der Waals surface area contributed by atoms with Gasteiger partial charge in [-0.1, -0.05) is 165 Å². The Morgan fingerprint density at radius 2 is 1.30 bits per heavy atom. The van der Waals surface area contributed by atoms with E-state index in [0.29, 0.717) is 36.3 Å². The highest BCUT2D eigenvalue weighted by Crippen LogP contribution is 2.58. The molecular weight excluding hydrogens is 905 g/mol. The molecule has 6 aliphatic heterocycles. The van der Waals surface area contributed by atoms with Gasteiger partial charge in [-0.15, -0.1) is 29.1 Å². The smallest absolute Gasteiger partial charge is 0.146 e. The highest BCUT2D eigenvalue weighted by molar-refractivity contribution is 8.18. The van der Waals surface area contributed by atoms with Crippen molar-refractivity contribution in [2.24, 2.45) is 0 Å². The van der Waals surface area contributed by atoms with Gasteiger partial charge in [0.1, 0.15) is 44.7 Å². The molecule has 0 radical (unpaired) electrons. The van der Waals surface area contributed by atoms with E-state index < -0.39 is 16.1 Å². The molecule has 368 valence electrons. The summed E-state index contributed by atoms with van der Waals surface area (Å²) in [6, 6.07) is 24.5. The summed E-state index contributed by atoms with van der Waals surface area (Å²) in [6.07, 6.45) is 11.0. The van der Waals surface area contributed by atoms with Crippen molar-refractivity contribution in [3.05, 3.63) is 96.1 Å². The number of ether oxygens (including phenoxy) is 7. The fraction of sp³-hybridized carbons (Fsp3) is 0.679. The zero-order valence-electron chi connectivity index (χ0n) is 42.3. The molecule has 0 aromatic heterocycles. The second kappa shape index (κ2) is 22.4. The van der Waals surface area contributed by atoms with Gasteiger partial charge in [0.15, 0.2) is 0 Å². The van der Waals surface area contributed by atoms with E-state index in [1.165, 1.54) is 24.6 Å². The van der Waals surface area contributed by atoms with Crippen LogP contribution in [0.3, 0.4) is 0 Å². The van der Waals surface area contributed by atoms with Gasteiger partial charge in [0, 0.05) is 12.8 Å². The van der Waals surface area contributed by atoms with Crippen LogP contribution in [0.15, 0.2) is 85.0 Å². The monoisotopic (exact) mass is 987 g/mol. The van der Waals surface area contributed by atoms with Crippen LogP contribution in [0, 0.1) is 11.5 Å². The summed E-state index contributed by atoms with van der Waals surface area (Å²) < 4.78 is 50.6. The van der Waals surface area contributed by atoms with E-state index in [1.54, 1.807) is 0 Å². The Labute approximate surface area is 415 Å². The second-order valence-corrected chi connectivity index (χ2v) is 36.0. The molecule has 0 spiro atoms. The van der Waals surface area contributed by atoms with E-state index >= 15 is 0 Å². The van der Waals surface area contributed by atoms with E-state index in [0.717, 1.165) is 41.9 Å². The van der Waals surface area contributed by atoms with Crippen molar-refractivity contribution in [3.8, 4) is 11.5 Å².